The number of halogens is 2. The first kappa shape index (κ1) is 15.4. The third-order valence-corrected chi connectivity index (χ3v) is 2.93. The van der Waals surface area contributed by atoms with E-state index < -0.39 is 17.8 Å². The van der Waals surface area contributed by atoms with Crippen LogP contribution in [-0.4, -0.2) is 35.1 Å². The molecular weight excluding hydrogens is 319 g/mol. The summed E-state index contributed by atoms with van der Waals surface area (Å²) in [5.74, 6) is -1.54. The molecule has 2 amide bonds. The maximum Gasteiger partial charge on any atom is 0.321 e. The second-order valence-electron chi connectivity index (χ2n) is 3.78. The maximum atomic E-state index is 13.5. The van der Waals surface area contributed by atoms with E-state index in [1.165, 1.54) is 17.0 Å². The van der Waals surface area contributed by atoms with Gasteiger partial charge in [-0.2, -0.15) is 0 Å². The van der Waals surface area contributed by atoms with Gasteiger partial charge in [-0.25, -0.2) is 9.18 Å². The maximum absolute atomic E-state index is 13.5. The van der Waals surface area contributed by atoms with Crippen LogP contribution < -0.4 is 5.32 Å². The molecule has 0 heterocycles. The van der Waals surface area contributed by atoms with Gasteiger partial charge in [0.05, 0.1) is 12.1 Å². The molecule has 0 saturated heterocycles. The highest BCUT2D eigenvalue weighted by Gasteiger charge is 2.14. The lowest BCUT2D eigenvalue weighted by Gasteiger charge is -2.20. The number of urea groups is 1. The first-order valence-corrected chi connectivity index (χ1v) is 6.46. The van der Waals surface area contributed by atoms with Crippen LogP contribution >= 0.6 is 15.9 Å². The third-order valence-electron chi connectivity index (χ3n) is 2.44. The zero-order valence-electron chi connectivity index (χ0n) is 10.3. The Morgan fingerprint density at radius 1 is 1.47 bits per heavy atom. The van der Waals surface area contributed by atoms with E-state index in [0.717, 1.165) is 0 Å². The minimum Gasteiger partial charge on any atom is -0.481 e. The van der Waals surface area contributed by atoms with Gasteiger partial charge >= 0.3 is 12.0 Å². The number of nitrogens with zero attached hydrogens (tertiary/aromatic N) is 1. The van der Waals surface area contributed by atoms with Crippen molar-refractivity contribution in [3.63, 3.8) is 0 Å². The zero-order valence-corrected chi connectivity index (χ0v) is 11.9. The summed E-state index contributed by atoms with van der Waals surface area (Å²) >= 11 is 3.12. The largest absolute Gasteiger partial charge is 0.481 e. The topological polar surface area (TPSA) is 69.6 Å². The second-order valence-corrected chi connectivity index (χ2v) is 4.69. The molecule has 1 rings (SSSR count). The Bertz CT molecular complexity index is 482. The molecule has 0 bridgehead atoms. The fourth-order valence-electron chi connectivity index (χ4n) is 1.42. The summed E-state index contributed by atoms with van der Waals surface area (Å²) in [6.45, 7) is 2.15. The third kappa shape index (κ3) is 4.86. The number of aliphatic carboxylic acids is 1. The molecule has 7 heteroatoms. The fourth-order valence-corrected chi connectivity index (χ4v) is 1.75. The van der Waals surface area contributed by atoms with Gasteiger partial charge < -0.3 is 15.3 Å². The lowest BCUT2D eigenvalue weighted by atomic mass is 10.3. The van der Waals surface area contributed by atoms with E-state index in [-0.39, 0.29) is 18.7 Å². The van der Waals surface area contributed by atoms with E-state index in [1.807, 2.05) is 0 Å². The number of carbonyl (C=O) groups excluding carboxylic acids is 1. The molecule has 0 aliphatic rings. The van der Waals surface area contributed by atoms with Crippen LogP contribution in [0, 0.1) is 5.82 Å². The van der Waals surface area contributed by atoms with Crippen LogP contribution in [0.15, 0.2) is 22.7 Å². The number of carbonyl (C=O) groups is 2. The number of nitrogens with one attached hydrogen (secondary N) is 1. The van der Waals surface area contributed by atoms with Gasteiger partial charge in [0.1, 0.15) is 5.82 Å². The van der Waals surface area contributed by atoms with Crippen molar-refractivity contribution in [2.45, 2.75) is 13.3 Å². The Morgan fingerprint density at radius 3 is 2.68 bits per heavy atom. The number of rotatable bonds is 5. The molecule has 0 spiro atoms. The molecule has 0 aliphatic heterocycles. The van der Waals surface area contributed by atoms with Gasteiger partial charge in [0.15, 0.2) is 0 Å². The van der Waals surface area contributed by atoms with Crippen LogP contribution in [0.4, 0.5) is 14.9 Å². The molecule has 0 radical (unpaired) electrons. The molecule has 0 fully saturated rings. The van der Waals surface area contributed by atoms with Gasteiger partial charge in [0.25, 0.3) is 0 Å². The molecule has 19 heavy (non-hydrogen) atoms. The number of carboxylic acid groups (broad SMARTS) is 1. The quantitative estimate of drug-likeness (QED) is 0.870. The predicted octanol–water partition coefficient (Wildman–Crippen LogP) is 2.92. The van der Waals surface area contributed by atoms with E-state index >= 15 is 0 Å². The van der Waals surface area contributed by atoms with Crippen LogP contribution in [0.25, 0.3) is 0 Å². The summed E-state index contributed by atoms with van der Waals surface area (Å²) in [5, 5.41) is 11.0. The van der Waals surface area contributed by atoms with Gasteiger partial charge in [-0.15, -0.1) is 0 Å². The zero-order chi connectivity index (χ0) is 14.4. The molecule has 0 unspecified atom stereocenters. The van der Waals surface area contributed by atoms with Crippen molar-refractivity contribution in [2.75, 3.05) is 18.4 Å². The molecule has 0 saturated carbocycles. The van der Waals surface area contributed by atoms with Crippen molar-refractivity contribution >= 4 is 33.6 Å². The fraction of sp³-hybridized carbons (Fsp3) is 0.333. The van der Waals surface area contributed by atoms with Gasteiger partial charge in [-0.05, 0) is 25.1 Å². The molecule has 0 aliphatic carbocycles. The van der Waals surface area contributed by atoms with Gasteiger partial charge in [0, 0.05) is 17.6 Å². The van der Waals surface area contributed by atoms with Crippen molar-refractivity contribution in [2.24, 2.45) is 0 Å². The minimum atomic E-state index is -0.985. The summed E-state index contributed by atoms with van der Waals surface area (Å²) < 4.78 is 14.1. The van der Waals surface area contributed by atoms with Gasteiger partial charge in [0.2, 0.25) is 0 Å². The van der Waals surface area contributed by atoms with Crippen LogP contribution in [0.1, 0.15) is 13.3 Å². The predicted molar refractivity (Wildman–Crippen MR) is 72.6 cm³/mol. The van der Waals surface area contributed by atoms with Crippen LogP contribution in [-0.2, 0) is 4.79 Å². The number of hydrogen-bond donors (Lipinski definition) is 2. The minimum absolute atomic E-state index is 0.0574. The average Bonchev–Trinajstić information content (AvgIpc) is 2.33. The van der Waals surface area contributed by atoms with Crippen LogP contribution in [0.3, 0.4) is 0 Å². The molecule has 1 aromatic rings. The molecule has 0 atom stereocenters. The smallest absolute Gasteiger partial charge is 0.321 e. The van der Waals surface area contributed by atoms with E-state index in [0.29, 0.717) is 11.0 Å². The Balaban J connectivity index is 2.68. The van der Waals surface area contributed by atoms with Crippen molar-refractivity contribution in [3.8, 4) is 0 Å². The lowest BCUT2D eigenvalue weighted by Crippen LogP contribution is -2.36. The highest BCUT2D eigenvalue weighted by atomic mass is 79.9. The van der Waals surface area contributed by atoms with Crippen LogP contribution in [0.2, 0.25) is 0 Å². The Kier molecular flexibility index (Phi) is 5.75. The van der Waals surface area contributed by atoms with Crippen molar-refractivity contribution in [1.82, 2.24) is 4.90 Å². The Hall–Kier alpha value is -1.63. The normalized spacial score (nSPS) is 10.1. The molecule has 0 aromatic heterocycles. The Morgan fingerprint density at radius 2 is 2.16 bits per heavy atom. The van der Waals surface area contributed by atoms with E-state index in [4.69, 9.17) is 5.11 Å². The average molecular weight is 333 g/mol. The number of amides is 2. The van der Waals surface area contributed by atoms with Crippen molar-refractivity contribution < 1.29 is 19.1 Å². The molecule has 1 aromatic carbocycles. The highest BCUT2D eigenvalue weighted by Crippen LogP contribution is 2.19. The number of benzene rings is 1. The van der Waals surface area contributed by atoms with Crippen LogP contribution in [0.5, 0.6) is 0 Å². The van der Waals surface area contributed by atoms with Gasteiger partial charge in [-0.1, -0.05) is 15.9 Å². The highest BCUT2D eigenvalue weighted by molar-refractivity contribution is 9.10. The van der Waals surface area contributed by atoms with Crippen molar-refractivity contribution in [1.29, 1.82) is 0 Å². The summed E-state index contributed by atoms with van der Waals surface area (Å²) in [6, 6.07) is 3.75. The molecule has 5 nitrogen and oxygen atoms in total. The Labute approximate surface area is 118 Å². The lowest BCUT2D eigenvalue weighted by molar-refractivity contribution is -0.137. The SMILES string of the molecule is CCN(CCC(=O)O)C(=O)Nc1ccc(Br)cc1F. The standard InChI is InChI=1S/C12H14BrFN2O3/c1-2-16(6-5-11(17)18)12(19)15-10-4-3-8(13)7-9(10)14/h3-4,7H,2,5-6H2,1H3,(H,15,19)(H,17,18). The summed E-state index contributed by atoms with van der Waals surface area (Å²) in [5.41, 5.74) is 0.0574. The first-order valence-electron chi connectivity index (χ1n) is 5.66. The monoisotopic (exact) mass is 332 g/mol. The van der Waals surface area contributed by atoms with E-state index in [1.54, 1.807) is 13.0 Å². The summed E-state index contributed by atoms with van der Waals surface area (Å²) in [4.78, 5) is 23.6. The number of carboxylic acids is 1. The van der Waals surface area contributed by atoms with Crippen molar-refractivity contribution in [3.05, 3.63) is 28.5 Å². The number of hydrogen-bond acceptors (Lipinski definition) is 2. The second kappa shape index (κ2) is 7.08. The summed E-state index contributed by atoms with van der Waals surface area (Å²) in [7, 11) is 0. The number of anilines is 1. The first-order chi connectivity index (χ1) is 8.93. The summed E-state index contributed by atoms with van der Waals surface area (Å²) in [6.07, 6.45) is -0.149. The van der Waals surface area contributed by atoms with E-state index in [2.05, 4.69) is 21.2 Å². The molecule has 104 valence electrons. The molecule has 2 N–H and O–H groups in total. The molecular formula is C12H14BrFN2O3. The van der Waals surface area contributed by atoms with Gasteiger partial charge in [-0.3, -0.25) is 4.79 Å². The van der Waals surface area contributed by atoms with E-state index in [9.17, 15) is 14.0 Å².